The van der Waals surface area contributed by atoms with Crippen LogP contribution in [0, 0.1) is 0 Å². The first kappa shape index (κ1) is 51.9. The Kier molecular flexibility index (Phi) is 33.4. The summed E-state index contributed by atoms with van der Waals surface area (Å²) in [6.07, 6.45) is 39.5. The van der Waals surface area contributed by atoms with Crippen LogP contribution in [0.2, 0.25) is 0 Å². The highest BCUT2D eigenvalue weighted by Gasteiger charge is 2.37. The number of epoxide rings is 1. The molecule has 1 heterocycles. The van der Waals surface area contributed by atoms with Crippen molar-refractivity contribution in [2.75, 3.05) is 26.4 Å². The highest BCUT2D eigenvalue weighted by molar-refractivity contribution is 7.47. The highest BCUT2D eigenvalue weighted by Crippen LogP contribution is 2.43. The number of esters is 2. The van der Waals surface area contributed by atoms with E-state index in [0.29, 0.717) is 19.3 Å². The van der Waals surface area contributed by atoms with Crippen molar-refractivity contribution < 1.29 is 52.5 Å². The van der Waals surface area contributed by atoms with E-state index in [0.717, 1.165) is 51.4 Å². The Bertz CT molecular complexity index is 1140. The maximum absolute atomic E-state index is 12.7. The van der Waals surface area contributed by atoms with Gasteiger partial charge < -0.3 is 29.3 Å². The van der Waals surface area contributed by atoms with E-state index in [9.17, 15) is 24.2 Å². The van der Waals surface area contributed by atoms with Crippen molar-refractivity contribution in [3.8, 4) is 0 Å². The number of unbranched alkanes of at least 4 members (excludes halogenated alkanes) is 14. The van der Waals surface area contributed by atoms with E-state index < -0.39 is 51.8 Å². The molecule has 0 amide bonds. The van der Waals surface area contributed by atoms with Crippen molar-refractivity contribution in [3.63, 3.8) is 0 Å². The van der Waals surface area contributed by atoms with Gasteiger partial charge in [0.05, 0.1) is 32.0 Å². The van der Waals surface area contributed by atoms with Crippen LogP contribution in [0.15, 0.2) is 48.6 Å². The maximum Gasteiger partial charge on any atom is 0.472 e. The summed E-state index contributed by atoms with van der Waals surface area (Å²) in [6, 6.07) is 0. The molecule has 0 aromatic carbocycles. The molecule has 3 N–H and O–H groups in total. The van der Waals surface area contributed by atoms with Crippen LogP contribution in [0.25, 0.3) is 0 Å². The molecule has 0 aromatic heterocycles. The van der Waals surface area contributed by atoms with Crippen molar-refractivity contribution in [1.82, 2.24) is 0 Å². The van der Waals surface area contributed by atoms with E-state index in [2.05, 4.69) is 67.0 Å². The minimum Gasteiger partial charge on any atom is -0.462 e. The number of allylic oxidation sites excluding steroid dienone is 7. The van der Waals surface area contributed by atoms with E-state index in [1.54, 1.807) is 0 Å². The third-order valence-electron chi connectivity index (χ3n) is 9.38. The van der Waals surface area contributed by atoms with Crippen LogP contribution in [0.3, 0.4) is 0 Å². The molecule has 0 aliphatic carbocycles. The molecular formula is C44H77O11P. The Morgan fingerprint density at radius 3 is 1.82 bits per heavy atom. The minimum atomic E-state index is -4.64. The zero-order valence-electron chi connectivity index (χ0n) is 34.8. The number of hydrogen-bond acceptors (Lipinski definition) is 10. The number of rotatable bonds is 39. The molecule has 0 aromatic rings. The van der Waals surface area contributed by atoms with Gasteiger partial charge in [0.2, 0.25) is 0 Å². The lowest BCUT2D eigenvalue weighted by Gasteiger charge is -2.20. The smallest absolute Gasteiger partial charge is 0.462 e. The SMILES string of the molecule is CCCCC/C=C\C/C=C\C/C=C\CC1OC1CCCC(=O)O[C@H](COC(=O)CCCCCCCCC/C=C\CCCCCC)COP(=O)(O)OC[C@@H](O)CO. The van der Waals surface area contributed by atoms with Crippen molar-refractivity contribution in [1.29, 1.82) is 0 Å². The van der Waals surface area contributed by atoms with Gasteiger partial charge in [0.1, 0.15) is 12.7 Å². The average molecular weight is 813 g/mol. The standard InChI is InChI=1S/C44H77O11P/c1-3-5-7-9-11-13-15-17-18-19-21-23-25-27-29-33-43(47)51-37-40(38-53-56(49,50)52-36-39(46)35-45)54-44(48)34-30-32-42-41(55-42)31-28-26-24-22-20-16-14-12-10-8-6-4-2/h12-15,20,22,26,28,39-42,45-46H,3-11,16-19,21,23-25,27,29-38H2,1-2H3,(H,49,50)/b14-12-,15-13-,22-20-,28-26-/t39-,40+,41?,42?/m0/s1. The average Bonchev–Trinajstić information content (AvgIpc) is 3.94. The van der Waals surface area contributed by atoms with Gasteiger partial charge in [-0.25, -0.2) is 4.57 Å². The lowest BCUT2D eigenvalue weighted by atomic mass is 10.1. The van der Waals surface area contributed by atoms with Gasteiger partial charge in [-0.3, -0.25) is 18.6 Å². The normalized spacial score (nSPS) is 17.9. The van der Waals surface area contributed by atoms with Crippen LogP contribution in [-0.2, 0) is 37.4 Å². The molecule has 324 valence electrons. The molecule has 0 radical (unpaired) electrons. The molecule has 3 unspecified atom stereocenters. The molecule has 12 heteroatoms. The topological polar surface area (TPSA) is 161 Å². The molecule has 0 bridgehead atoms. The van der Waals surface area contributed by atoms with E-state index >= 15 is 0 Å². The van der Waals surface area contributed by atoms with E-state index in [4.69, 9.17) is 23.8 Å². The van der Waals surface area contributed by atoms with E-state index in [1.807, 2.05) is 0 Å². The van der Waals surface area contributed by atoms with Gasteiger partial charge in [-0.2, -0.15) is 0 Å². The first-order chi connectivity index (χ1) is 27.2. The van der Waals surface area contributed by atoms with Crippen molar-refractivity contribution >= 4 is 19.8 Å². The molecule has 5 atom stereocenters. The fourth-order valence-electron chi connectivity index (χ4n) is 5.90. The second-order valence-corrected chi connectivity index (χ2v) is 16.2. The van der Waals surface area contributed by atoms with Crippen molar-refractivity contribution in [2.45, 2.75) is 192 Å². The quantitative estimate of drug-likeness (QED) is 0.0178. The Balaban J connectivity index is 2.32. The number of carbonyl (C=O) groups is 2. The summed E-state index contributed by atoms with van der Waals surface area (Å²) in [5.74, 6) is -1.01. The van der Waals surface area contributed by atoms with Crippen molar-refractivity contribution in [2.24, 2.45) is 0 Å². The summed E-state index contributed by atoms with van der Waals surface area (Å²) in [6.45, 7) is 2.24. The maximum atomic E-state index is 12.7. The molecule has 0 saturated carbocycles. The number of phosphoric ester groups is 1. The van der Waals surface area contributed by atoms with Crippen LogP contribution in [-0.4, -0.2) is 77.9 Å². The second kappa shape index (κ2) is 36.0. The van der Waals surface area contributed by atoms with Gasteiger partial charge in [-0.1, -0.05) is 127 Å². The molecule has 11 nitrogen and oxygen atoms in total. The lowest BCUT2D eigenvalue weighted by Crippen LogP contribution is -2.30. The number of ether oxygens (including phenoxy) is 3. The number of hydrogen-bond donors (Lipinski definition) is 3. The van der Waals surface area contributed by atoms with Crippen LogP contribution in [0.4, 0.5) is 0 Å². The van der Waals surface area contributed by atoms with E-state index in [-0.39, 0.29) is 31.7 Å². The summed E-state index contributed by atoms with van der Waals surface area (Å²) < 4.78 is 38.5. The number of phosphoric acid groups is 1. The highest BCUT2D eigenvalue weighted by atomic mass is 31.2. The molecule has 0 spiro atoms. The van der Waals surface area contributed by atoms with Gasteiger partial charge >= 0.3 is 19.8 Å². The number of aliphatic hydroxyl groups excluding tert-OH is 2. The van der Waals surface area contributed by atoms with Gasteiger partial charge in [0.15, 0.2) is 6.10 Å². The zero-order chi connectivity index (χ0) is 41.0. The predicted octanol–water partition coefficient (Wildman–Crippen LogP) is 10.3. The first-order valence-corrected chi connectivity index (χ1v) is 23.2. The fourth-order valence-corrected chi connectivity index (χ4v) is 6.69. The molecule has 1 fully saturated rings. The minimum absolute atomic E-state index is 0.0877. The molecule has 1 aliphatic heterocycles. The largest absolute Gasteiger partial charge is 0.472 e. The fraction of sp³-hybridized carbons (Fsp3) is 0.773. The van der Waals surface area contributed by atoms with Gasteiger partial charge in [-0.15, -0.1) is 0 Å². The second-order valence-electron chi connectivity index (χ2n) is 14.7. The summed E-state index contributed by atoms with van der Waals surface area (Å²) >= 11 is 0. The van der Waals surface area contributed by atoms with Crippen LogP contribution in [0.5, 0.6) is 0 Å². The van der Waals surface area contributed by atoms with Gasteiger partial charge in [0.25, 0.3) is 0 Å². The monoisotopic (exact) mass is 813 g/mol. The predicted molar refractivity (Wildman–Crippen MR) is 223 cm³/mol. The van der Waals surface area contributed by atoms with E-state index in [1.165, 1.54) is 70.6 Å². The van der Waals surface area contributed by atoms with Crippen LogP contribution in [0.1, 0.15) is 168 Å². The molecule has 56 heavy (non-hydrogen) atoms. The Hall–Kier alpha value is -2.11. The number of carbonyl (C=O) groups excluding carboxylic acids is 2. The zero-order valence-corrected chi connectivity index (χ0v) is 35.7. The van der Waals surface area contributed by atoms with Crippen LogP contribution < -0.4 is 0 Å². The number of aliphatic hydroxyl groups is 2. The first-order valence-electron chi connectivity index (χ1n) is 21.7. The van der Waals surface area contributed by atoms with Crippen LogP contribution >= 0.6 is 7.82 Å². The molecular weight excluding hydrogens is 735 g/mol. The van der Waals surface area contributed by atoms with Gasteiger partial charge in [-0.05, 0) is 77.0 Å². The Labute approximate surface area is 338 Å². The Morgan fingerprint density at radius 2 is 1.16 bits per heavy atom. The molecule has 1 aliphatic rings. The molecule has 1 rings (SSSR count). The summed E-state index contributed by atoms with van der Waals surface area (Å²) in [4.78, 5) is 35.1. The third kappa shape index (κ3) is 32.9. The summed E-state index contributed by atoms with van der Waals surface area (Å²) in [5, 5.41) is 18.3. The van der Waals surface area contributed by atoms with Crippen molar-refractivity contribution in [3.05, 3.63) is 48.6 Å². The summed E-state index contributed by atoms with van der Waals surface area (Å²) in [5.41, 5.74) is 0. The van der Waals surface area contributed by atoms with Gasteiger partial charge in [0, 0.05) is 12.8 Å². The third-order valence-corrected chi connectivity index (χ3v) is 10.3. The lowest BCUT2D eigenvalue weighted by molar-refractivity contribution is -0.161. The summed E-state index contributed by atoms with van der Waals surface area (Å²) in [7, 11) is -4.64. The Morgan fingerprint density at radius 1 is 0.643 bits per heavy atom. The molecule has 1 saturated heterocycles.